The molecular formula is C20H24F3N3O5. The third-order valence-electron chi connectivity index (χ3n) is 5.23. The molecular weight excluding hydrogens is 419 g/mol. The molecule has 1 fully saturated rings. The lowest BCUT2D eigenvalue weighted by atomic mass is 10.1. The lowest BCUT2D eigenvalue weighted by Crippen LogP contribution is -2.42. The van der Waals surface area contributed by atoms with Crippen molar-refractivity contribution in [3.63, 3.8) is 0 Å². The Hall–Kier alpha value is -2.63. The maximum Gasteiger partial charge on any atom is 0.416 e. The number of rotatable bonds is 7. The zero-order valence-corrected chi connectivity index (χ0v) is 17.0. The van der Waals surface area contributed by atoms with Gasteiger partial charge in [0, 0.05) is 26.2 Å². The molecule has 1 N–H and O–H groups in total. The van der Waals surface area contributed by atoms with Gasteiger partial charge < -0.3 is 14.7 Å². The number of ether oxygens (including phenoxy) is 1. The summed E-state index contributed by atoms with van der Waals surface area (Å²) in [5.74, 6) is -1.99. The van der Waals surface area contributed by atoms with Crippen LogP contribution in [0.15, 0.2) is 35.6 Å². The minimum Gasteiger partial charge on any atom is -0.503 e. The Labute approximate surface area is 177 Å². The number of morpholine rings is 1. The molecule has 1 saturated heterocycles. The van der Waals surface area contributed by atoms with E-state index in [1.165, 1.54) is 24.1 Å². The van der Waals surface area contributed by atoms with Gasteiger partial charge in [-0.25, -0.2) is 5.06 Å². The predicted octanol–water partition coefficient (Wildman–Crippen LogP) is 1.58. The fourth-order valence-corrected chi connectivity index (χ4v) is 3.39. The van der Waals surface area contributed by atoms with Crippen LogP contribution in [0.5, 0.6) is 0 Å². The molecule has 0 radical (unpaired) electrons. The van der Waals surface area contributed by atoms with E-state index in [1.54, 1.807) is 0 Å². The van der Waals surface area contributed by atoms with Crippen molar-refractivity contribution in [1.29, 1.82) is 0 Å². The number of alkyl halides is 3. The summed E-state index contributed by atoms with van der Waals surface area (Å²) in [5, 5.41) is 11.1. The molecule has 11 heteroatoms. The first-order valence-electron chi connectivity index (χ1n) is 9.74. The number of hydrogen-bond acceptors (Lipinski definition) is 6. The fraction of sp³-hybridized carbons (Fsp3) is 0.500. The average molecular weight is 443 g/mol. The molecule has 0 unspecified atom stereocenters. The molecule has 2 aliphatic rings. The summed E-state index contributed by atoms with van der Waals surface area (Å²) in [6, 6.07) is 4.31. The first-order valence-corrected chi connectivity index (χ1v) is 9.74. The number of carbonyl (C=O) groups is 2. The second kappa shape index (κ2) is 9.67. The summed E-state index contributed by atoms with van der Waals surface area (Å²) < 4.78 is 43.4. The van der Waals surface area contributed by atoms with Crippen LogP contribution < -0.4 is 0 Å². The van der Waals surface area contributed by atoms with Gasteiger partial charge in [-0.05, 0) is 17.7 Å². The maximum absolute atomic E-state index is 12.8. The summed E-state index contributed by atoms with van der Waals surface area (Å²) >= 11 is 0. The smallest absolute Gasteiger partial charge is 0.416 e. The maximum atomic E-state index is 12.8. The van der Waals surface area contributed by atoms with Gasteiger partial charge in [0.25, 0.3) is 11.8 Å². The molecule has 0 aromatic heterocycles. The van der Waals surface area contributed by atoms with Crippen molar-refractivity contribution < 1.29 is 37.4 Å². The first-order chi connectivity index (χ1) is 14.7. The van der Waals surface area contributed by atoms with E-state index >= 15 is 0 Å². The van der Waals surface area contributed by atoms with Crippen LogP contribution in [0, 0.1) is 0 Å². The summed E-state index contributed by atoms with van der Waals surface area (Å²) in [6.45, 7) is 3.44. The molecule has 3 rings (SSSR count). The highest BCUT2D eigenvalue weighted by Gasteiger charge is 2.36. The Morgan fingerprint density at radius 3 is 2.42 bits per heavy atom. The van der Waals surface area contributed by atoms with Gasteiger partial charge in [-0.1, -0.05) is 12.1 Å². The van der Waals surface area contributed by atoms with Crippen molar-refractivity contribution in [2.45, 2.75) is 12.7 Å². The third-order valence-corrected chi connectivity index (χ3v) is 5.23. The lowest BCUT2D eigenvalue weighted by Gasteiger charge is -2.28. The molecule has 0 saturated carbocycles. The molecule has 0 atom stereocenters. The Kier molecular flexibility index (Phi) is 7.19. The number of amides is 2. The Morgan fingerprint density at radius 1 is 1.19 bits per heavy atom. The van der Waals surface area contributed by atoms with Crippen LogP contribution in [0.25, 0.3) is 0 Å². The van der Waals surface area contributed by atoms with Gasteiger partial charge in [-0.3, -0.25) is 19.3 Å². The predicted molar refractivity (Wildman–Crippen MR) is 102 cm³/mol. The quantitative estimate of drug-likeness (QED) is 0.645. The highest BCUT2D eigenvalue weighted by atomic mass is 19.4. The van der Waals surface area contributed by atoms with Gasteiger partial charge in [0.15, 0.2) is 5.76 Å². The van der Waals surface area contributed by atoms with E-state index in [9.17, 15) is 27.9 Å². The van der Waals surface area contributed by atoms with E-state index in [2.05, 4.69) is 4.90 Å². The summed E-state index contributed by atoms with van der Waals surface area (Å²) in [6.07, 6.45) is -4.46. The SMILES string of the molecule is CON(Cc1ccc(C(F)(F)F)cc1)C(=O)C1=C(O)C(=O)N(CCN2CCOCC2)C1. The van der Waals surface area contributed by atoms with E-state index in [1.807, 2.05) is 0 Å². The zero-order chi connectivity index (χ0) is 22.6. The average Bonchev–Trinajstić information content (AvgIpc) is 3.04. The highest BCUT2D eigenvalue weighted by Crippen LogP contribution is 2.29. The van der Waals surface area contributed by atoms with Crippen LogP contribution in [0.3, 0.4) is 0 Å². The van der Waals surface area contributed by atoms with Crippen LogP contribution in [0.4, 0.5) is 13.2 Å². The Morgan fingerprint density at radius 2 is 1.84 bits per heavy atom. The standard InChI is InChI=1S/C20H24F3N3O5/c1-30-26(12-14-2-4-15(5-3-14)20(21,22)23)18(28)16-13-25(19(29)17(16)27)7-6-24-8-10-31-11-9-24/h2-5,27H,6-13H2,1H3. The molecule has 2 heterocycles. The van der Waals surface area contributed by atoms with Crippen LogP contribution in [0.2, 0.25) is 0 Å². The minimum absolute atomic E-state index is 0.0687. The molecule has 1 aromatic rings. The summed E-state index contributed by atoms with van der Waals surface area (Å²) in [5.41, 5.74) is -0.512. The number of hydrogen-bond donors (Lipinski definition) is 1. The number of halogens is 3. The van der Waals surface area contributed by atoms with Gasteiger partial charge in [0.2, 0.25) is 0 Å². The van der Waals surface area contributed by atoms with Gasteiger partial charge >= 0.3 is 6.18 Å². The van der Waals surface area contributed by atoms with E-state index in [0.717, 1.165) is 30.3 Å². The Bertz CT molecular complexity index is 835. The van der Waals surface area contributed by atoms with Crippen molar-refractivity contribution in [1.82, 2.24) is 14.9 Å². The van der Waals surface area contributed by atoms with Gasteiger partial charge in [-0.15, -0.1) is 0 Å². The fourth-order valence-electron chi connectivity index (χ4n) is 3.39. The minimum atomic E-state index is -4.46. The zero-order valence-electron chi connectivity index (χ0n) is 17.0. The summed E-state index contributed by atoms with van der Waals surface area (Å²) in [4.78, 5) is 33.7. The lowest BCUT2D eigenvalue weighted by molar-refractivity contribution is -0.175. The topological polar surface area (TPSA) is 82.5 Å². The van der Waals surface area contributed by atoms with Crippen molar-refractivity contribution >= 4 is 11.8 Å². The van der Waals surface area contributed by atoms with E-state index in [0.29, 0.717) is 31.9 Å². The first kappa shape index (κ1) is 23.0. The van der Waals surface area contributed by atoms with Crippen molar-refractivity contribution in [2.24, 2.45) is 0 Å². The molecule has 170 valence electrons. The van der Waals surface area contributed by atoms with Gasteiger partial charge in [0.05, 0.1) is 44.5 Å². The van der Waals surface area contributed by atoms with Crippen molar-refractivity contribution in [3.05, 3.63) is 46.7 Å². The van der Waals surface area contributed by atoms with E-state index < -0.39 is 29.3 Å². The van der Waals surface area contributed by atoms with Crippen LogP contribution in [-0.4, -0.2) is 84.8 Å². The highest BCUT2D eigenvalue weighted by molar-refractivity contribution is 6.06. The van der Waals surface area contributed by atoms with E-state index in [4.69, 9.17) is 9.57 Å². The normalized spacial score (nSPS) is 18.1. The van der Waals surface area contributed by atoms with Crippen LogP contribution >= 0.6 is 0 Å². The molecule has 2 aliphatic heterocycles. The van der Waals surface area contributed by atoms with Crippen molar-refractivity contribution in [2.75, 3.05) is 53.0 Å². The monoisotopic (exact) mass is 443 g/mol. The number of aliphatic hydroxyl groups is 1. The number of hydroxylamine groups is 2. The molecule has 0 aliphatic carbocycles. The number of benzene rings is 1. The molecule has 31 heavy (non-hydrogen) atoms. The third kappa shape index (κ3) is 5.54. The largest absolute Gasteiger partial charge is 0.503 e. The second-order valence-corrected chi connectivity index (χ2v) is 7.23. The van der Waals surface area contributed by atoms with Gasteiger partial charge in [0.1, 0.15) is 0 Å². The molecule has 1 aromatic carbocycles. The number of carbonyl (C=O) groups excluding carboxylic acids is 2. The number of nitrogens with zero attached hydrogens (tertiary/aromatic N) is 3. The van der Waals surface area contributed by atoms with Crippen LogP contribution in [-0.2, 0) is 31.9 Å². The molecule has 8 nitrogen and oxygen atoms in total. The second-order valence-electron chi connectivity index (χ2n) is 7.23. The molecule has 0 bridgehead atoms. The molecule has 2 amide bonds. The Balaban J connectivity index is 1.62. The van der Waals surface area contributed by atoms with Crippen molar-refractivity contribution in [3.8, 4) is 0 Å². The number of aliphatic hydroxyl groups excluding tert-OH is 1. The van der Waals surface area contributed by atoms with Crippen LogP contribution in [0.1, 0.15) is 11.1 Å². The molecule has 0 spiro atoms. The summed E-state index contributed by atoms with van der Waals surface area (Å²) in [7, 11) is 1.23. The van der Waals surface area contributed by atoms with E-state index in [-0.39, 0.29) is 18.7 Å². The van der Waals surface area contributed by atoms with Gasteiger partial charge in [-0.2, -0.15) is 13.2 Å².